The second kappa shape index (κ2) is 8.59. The molecular formula is C12H16N2O6. The highest BCUT2D eigenvalue weighted by Crippen LogP contribution is 2.15. The number of carbonyl (C=O) groups is 3. The van der Waals surface area contributed by atoms with Gasteiger partial charge in [0, 0.05) is 6.20 Å². The molecular weight excluding hydrogens is 268 g/mol. The lowest BCUT2D eigenvalue weighted by atomic mass is 10.2. The number of methoxy groups -OCH3 is 2. The number of esters is 1. The van der Waals surface area contributed by atoms with Gasteiger partial charge in [0.25, 0.3) is 0 Å². The molecule has 0 atom stereocenters. The molecule has 0 fully saturated rings. The molecule has 1 heterocycles. The van der Waals surface area contributed by atoms with Gasteiger partial charge in [0.05, 0.1) is 26.3 Å². The van der Waals surface area contributed by atoms with Crippen LogP contribution in [-0.2, 0) is 16.1 Å². The van der Waals surface area contributed by atoms with Crippen molar-refractivity contribution in [2.45, 2.75) is 6.54 Å². The highest BCUT2D eigenvalue weighted by atomic mass is 16.5. The van der Waals surface area contributed by atoms with Crippen LogP contribution in [0.4, 0.5) is 0 Å². The molecule has 8 heteroatoms. The number of rotatable bonds is 5. The summed E-state index contributed by atoms with van der Waals surface area (Å²) in [6.07, 6.45) is 1.96. The highest BCUT2D eigenvalue weighted by molar-refractivity contribution is 5.92. The average Bonchev–Trinajstić information content (AvgIpc) is 2.49. The molecule has 110 valence electrons. The minimum atomic E-state index is -0.830. The van der Waals surface area contributed by atoms with Crippen LogP contribution >= 0.6 is 0 Å². The molecule has 1 aromatic heterocycles. The van der Waals surface area contributed by atoms with E-state index in [-0.39, 0.29) is 23.6 Å². The van der Waals surface area contributed by atoms with E-state index in [9.17, 15) is 19.2 Å². The van der Waals surface area contributed by atoms with Crippen molar-refractivity contribution in [2.24, 2.45) is 5.73 Å². The summed E-state index contributed by atoms with van der Waals surface area (Å²) in [6, 6.07) is 0. The molecule has 0 radical (unpaired) electrons. The first-order chi connectivity index (χ1) is 9.60. The van der Waals surface area contributed by atoms with Crippen LogP contribution in [0.5, 0.6) is 5.75 Å². The number of aromatic nitrogens is 1. The lowest BCUT2D eigenvalue weighted by Crippen LogP contribution is -2.24. The summed E-state index contributed by atoms with van der Waals surface area (Å²) in [5.74, 6) is -1.16. The number of nitrogens with two attached hydrogens (primary N) is 1. The van der Waals surface area contributed by atoms with Crippen LogP contribution in [0, 0.1) is 0 Å². The number of ether oxygens (including phenoxy) is 2. The third-order valence-corrected chi connectivity index (χ3v) is 2.25. The van der Waals surface area contributed by atoms with E-state index in [1.54, 1.807) is 0 Å². The Hall–Kier alpha value is -2.48. The SMILES string of the molecule is CN.COC(=O)c1c(OC)c(=O)c(C=O)cn1CC=O. The Bertz CT molecular complexity index is 550. The van der Waals surface area contributed by atoms with Gasteiger partial charge in [-0.2, -0.15) is 0 Å². The van der Waals surface area contributed by atoms with Crippen molar-refractivity contribution in [1.82, 2.24) is 4.57 Å². The second-order valence-electron chi connectivity index (χ2n) is 3.22. The van der Waals surface area contributed by atoms with Crippen LogP contribution in [0.15, 0.2) is 11.0 Å². The maximum absolute atomic E-state index is 11.8. The Morgan fingerprint density at radius 1 is 1.35 bits per heavy atom. The van der Waals surface area contributed by atoms with E-state index in [1.807, 2.05) is 0 Å². The predicted molar refractivity (Wildman–Crippen MR) is 70.2 cm³/mol. The summed E-state index contributed by atoms with van der Waals surface area (Å²) in [5.41, 5.74) is 3.36. The zero-order chi connectivity index (χ0) is 15.7. The van der Waals surface area contributed by atoms with E-state index in [0.717, 1.165) is 17.9 Å². The molecule has 0 aliphatic rings. The number of carbonyl (C=O) groups excluding carboxylic acids is 3. The summed E-state index contributed by atoms with van der Waals surface area (Å²) in [4.78, 5) is 44.6. The summed E-state index contributed by atoms with van der Waals surface area (Å²) in [5, 5.41) is 0. The van der Waals surface area contributed by atoms with E-state index < -0.39 is 11.4 Å². The van der Waals surface area contributed by atoms with Gasteiger partial charge in [0.1, 0.15) is 6.29 Å². The van der Waals surface area contributed by atoms with Crippen molar-refractivity contribution in [1.29, 1.82) is 0 Å². The molecule has 1 aromatic rings. The van der Waals surface area contributed by atoms with Crippen molar-refractivity contribution in [2.75, 3.05) is 21.3 Å². The fraction of sp³-hybridized carbons (Fsp3) is 0.333. The van der Waals surface area contributed by atoms with Gasteiger partial charge >= 0.3 is 5.97 Å². The molecule has 20 heavy (non-hydrogen) atoms. The zero-order valence-corrected chi connectivity index (χ0v) is 11.4. The van der Waals surface area contributed by atoms with Crippen LogP contribution < -0.4 is 15.9 Å². The molecule has 0 spiro atoms. The Morgan fingerprint density at radius 2 is 1.95 bits per heavy atom. The minimum Gasteiger partial charge on any atom is -0.491 e. The fourth-order valence-corrected chi connectivity index (χ4v) is 1.46. The van der Waals surface area contributed by atoms with Crippen molar-refractivity contribution in [3.05, 3.63) is 27.7 Å². The number of nitrogens with zero attached hydrogens (tertiary/aromatic N) is 1. The predicted octanol–water partition coefficient (Wildman–Crippen LogP) is -0.770. The van der Waals surface area contributed by atoms with Gasteiger partial charge in [-0.15, -0.1) is 0 Å². The molecule has 1 rings (SSSR count). The van der Waals surface area contributed by atoms with E-state index >= 15 is 0 Å². The normalized spacial score (nSPS) is 9.00. The van der Waals surface area contributed by atoms with Crippen molar-refractivity contribution >= 4 is 18.5 Å². The standard InChI is InChI=1S/C11H11NO6.CH5N/c1-17-10-8(11(16)18-2)12(3-4-13)5-7(6-14)9(10)15;1-2/h4-6H,3H2,1-2H3;2H2,1H3. The van der Waals surface area contributed by atoms with E-state index in [4.69, 9.17) is 4.74 Å². The van der Waals surface area contributed by atoms with E-state index in [1.165, 1.54) is 14.2 Å². The molecule has 0 aliphatic heterocycles. The summed E-state index contributed by atoms with van der Waals surface area (Å²) >= 11 is 0. The number of hydrogen-bond acceptors (Lipinski definition) is 7. The van der Waals surface area contributed by atoms with Crippen LogP contribution in [0.3, 0.4) is 0 Å². The first-order valence-electron chi connectivity index (χ1n) is 5.47. The molecule has 8 nitrogen and oxygen atoms in total. The molecule has 0 bridgehead atoms. The largest absolute Gasteiger partial charge is 0.491 e. The van der Waals surface area contributed by atoms with Gasteiger partial charge in [-0.3, -0.25) is 9.59 Å². The highest BCUT2D eigenvalue weighted by Gasteiger charge is 2.22. The Morgan fingerprint density at radius 3 is 2.35 bits per heavy atom. The quantitative estimate of drug-likeness (QED) is 0.557. The second-order valence-corrected chi connectivity index (χ2v) is 3.22. The minimum absolute atomic E-state index is 0.206. The first-order valence-corrected chi connectivity index (χ1v) is 5.47. The molecule has 0 aromatic carbocycles. The number of hydrogen-bond donors (Lipinski definition) is 1. The zero-order valence-electron chi connectivity index (χ0n) is 11.4. The third kappa shape index (κ3) is 3.51. The summed E-state index contributed by atoms with van der Waals surface area (Å²) in [7, 11) is 3.81. The smallest absolute Gasteiger partial charge is 0.358 e. The Balaban J connectivity index is 0.00000172. The Kier molecular flexibility index (Phi) is 7.53. The molecule has 2 N–H and O–H groups in total. The summed E-state index contributed by atoms with van der Waals surface area (Å²) in [6.45, 7) is -0.206. The maximum atomic E-state index is 11.8. The van der Waals surface area contributed by atoms with Crippen LogP contribution in [-0.4, -0.2) is 44.4 Å². The maximum Gasteiger partial charge on any atom is 0.358 e. The van der Waals surface area contributed by atoms with Gasteiger partial charge in [0.2, 0.25) is 5.43 Å². The monoisotopic (exact) mass is 284 g/mol. The lowest BCUT2D eigenvalue weighted by molar-refractivity contribution is -0.108. The van der Waals surface area contributed by atoms with Crippen molar-refractivity contribution in [3.8, 4) is 5.75 Å². The molecule has 0 saturated carbocycles. The fourth-order valence-electron chi connectivity index (χ4n) is 1.46. The lowest BCUT2D eigenvalue weighted by Gasteiger charge is -2.13. The van der Waals surface area contributed by atoms with Crippen LogP contribution in [0.1, 0.15) is 20.8 Å². The van der Waals surface area contributed by atoms with E-state index in [2.05, 4.69) is 10.5 Å². The topological polar surface area (TPSA) is 118 Å². The molecule has 0 unspecified atom stereocenters. The molecule has 0 amide bonds. The molecule has 0 aliphatic carbocycles. The van der Waals surface area contributed by atoms with Crippen molar-refractivity contribution in [3.63, 3.8) is 0 Å². The summed E-state index contributed by atoms with van der Waals surface area (Å²) < 4.78 is 10.5. The van der Waals surface area contributed by atoms with Crippen LogP contribution in [0.25, 0.3) is 0 Å². The van der Waals surface area contributed by atoms with Gasteiger partial charge in [-0.1, -0.05) is 0 Å². The number of pyridine rings is 1. The Labute approximate surface area is 115 Å². The van der Waals surface area contributed by atoms with Gasteiger partial charge in [0.15, 0.2) is 17.7 Å². The third-order valence-electron chi connectivity index (χ3n) is 2.25. The molecule has 0 saturated heterocycles. The van der Waals surface area contributed by atoms with Crippen molar-refractivity contribution < 1.29 is 23.9 Å². The first kappa shape index (κ1) is 17.5. The van der Waals surface area contributed by atoms with Gasteiger partial charge in [-0.25, -0.2) is 4.79 Å². The van der Waals surface area contributed by atoms with Gasteiger partial charge in [-0.05, 0) is 7.05 Å². The van der Waals surface area contributed by atoms with E-state index in [0.29, 0.717) is 12.6 Å². The van der Waals surface area contributed by atoms with Crippen LogP contribution in [0.2, 0.25) is 0 Å². The average molecular weight is 284 g/mol. The van der Waals surface area contributed by atoms with Gasteiger partial charge < -0.3 is 24.6 Å². The number of aldehydes is 2.